The fraction of sp³-hybridized carbons (Fsp3) is 0.375. The fourth-order valence-corrected chi connectivity index (χ4v) is 2.37. The maximum atomic E-state index is 11.3. The first-order valence-corrected chi connectivity index (χ1v) is 6.79. The normalized spacial score (nSPS) is 18.0. The summed E-state index contributed by atoms with van der Waals surface area (Å²) in [7, 11) is 0. The number of aliphatic hydroxyl groups excluding tert-OH is 1. The van der Waals surface area contributed by atoms with Crippen LogP contribution in [0, 0.1) is 0 Å². The molecule has 0 unspecified atom stereocenters. The van der Waals surface area contributed by atoms with Gasteiger partial charge in [-0.15, -0.1) is 0 Å². The molecule has 1 fully saturated rings. The SMILES string of the molecule is C1CCCCC1.O=C1C=C(O)c2ccccc2C1=O. The Morgan fingerprint density at radius 2 is 1.26 bits per heavy atom. The van der Waals surface area contributed by atoms with E-state index in [4.69, 9.17) is 0 Å². The van der Waals surface area contributed by atoms with Gasteiger partial charge >= 0.3 is 0 Å². The maximum absolute atomic E-state index is 11.3. The fourth-order valence-electron chi connectivity index (χ4n) is 2.37. The number of hydrogen-bond acceptors (Lipinski definition) is 3. The number of carbonyl (C=O) groups excluding carboxylic acids is 2. The predicted octanol–water partition coefficient (Wildman–Crippen LogP) is 3.69. The molecule has 0 aliphatic heterocycles. The van der Waals surface area contributed by atoms with E-state index in [0.717, 1.165) is 6.08 Å². The van der Waals surface area contributed by atoms with Crippen LogP contribution >= 0.6 is 0 Å². The van der Waals surface area contributed by atoms with Gasteiger partial charge in [0.05, 0.1) is 0 Å². The maximum Gasteiger partial charge on any atom is 0.233 e. The Morgan fingerprint density at radius 1 is 0.789 bits per heavy atom. The van der Waals surface area contributed by atoms with Crippen molar-refractivity contribution in [3.63, 3.8) is 0 Å². The molecule has 3 rings (SSSR count). The number of aliphatic hydroxyl groups is 1. The van der Waals surface area contributed by atoms with Crippen molar-refractivity contribution in [1.82, 2.24) is 0 Å². The molecule has 19 heavy (non-hydrogen) atoms. The van der Waals surface area contributed by atoms with Crippen molar-refractivity contribution in [2.45, 2.75) is 38.5 Å². The van der Waals surface area contributed by atoms with Crippen molar-refractivity contribution in [1.29, 1.82) is 0 Å². The van der Waals surface area contributed by atoms with Crippen molar-refractivity contribution in [2.24, 2.45) is 0 Å². The summed E-state index contributed by atoms with van der Waals surface area (Å²) in [6.45, 7) is 0. The minimum atomic E-state index is -0.670. The molecule has 1 N–H and O–H groups in total. The minimum absolute atomic E-state index is 0.139. The van der Waals surface area contributed by atoms with Crippen LogP contribution in [0.2, 0.25) is 0 Å². The Hall–Kier alpha value is -1.90. The standard InChI is InChI=1S/C10H6O3.C6H12/c11-8-5-9(12)10(13)7-4-2-1-3-6(7)8;1-2-4-6-5-3-1/h1-5,11H;1-6H2. The third-order valence-corrected chi connectivity index (χ3v) is 3.44. The van der Waals surface area contributed by atoms with Gasteiger partial charge in [0.15, 0.2) is 0 Å². The number of carbonyl (C=O) groups is 2. The van der Waals surface area contributed by atoms with E-state index in [0.29, 0.717) is 5.56 Å². The van der Waals surface area contributed by atoms with Crippen LogP contribution in [0.1, 0.15) is 54.4 Å². The molecule has 1 aromatic carbocycles. The Morgan fingerprint density at radius 3 is 1.79 bits per heavy atom. The van der Waals surface area contributed by atoms with Crippen LogP contribution in [0.25, 0.3) is 5.76 Å². The quantitative estimate of drug-likeness (QED) is 0.722. The highest BCUT2D eigenvalue weighted by Crippen LogP contribution is 2.22. The molecule has 2 aliphatic carbocycles. The molecule has 100 valence electrons. The summed E-state index contributed by atoms with van der Waals surface area (Å²) in [6, 6.07) is 6.48. The zero-order valence-corrected chi connectivity index (χ0v) is 10.9. The first-order valence-electron chi connectivity index (χ1n) is 6.79. The molecule has 0 saturated heterocycles. The van der Waals surface area contributed by atoms with Gasteiger partial charge in [-0.2, -0.15) is 0 Å². The van der Waals surface area contributed by atoms with E-state index in [2.05, 4.69) is 0 Å². The van der Waals surface area contributed by atoms with Crippen LogP contribution in [-0.4, -0.2) is 16.7 Å². The number of allylic oxidation sites excluding steroid dienone is 1. The van der Waals surface area contributed by atoms with Crippen LogP contribution in [0.15, 0.2) is 30.3 Å². The first kappa shape index (κ1) is 13.5. The van der Waals surface area contributed by atoms with Crippen molar-refractivity contribution in [2.75, 3.05) is 0 Å². The highest BCUT2D eigenvalue weighted by atomic mass is 16.3. The van der Waals surface area contributed by atoms with Gasteiger partial charge in [0.25, 0.3) is 0 Å². The summed E-state index contributed by atoms with van der Waals surface area (Å²) in [5.74, 6) is -1.37. The average Bonchev–Trinajstić information content (AvgIpc) is 2.47. The van der Waals surface area contributed by atoms with E-state index >= 15 is 0 Å². The first-order chi connectivity index (χ1) is 9.20. The van der Waals surface area contributed by atoms with Crippen molar-refractivity contribution in [3.8, 4) is 0 Å². The Bertz CT molecular complexity index is 499. The van der Waals surface area contributed by atoms with Crippen LogP contribution in [0.5, 0.6) is 0 Å². The molecule has 1 aromatic rings. The van der Waals surface area contributed by atoms with Crippen molar-refractivity contribution < 1.29 is 14.7 Å². The number of Topliss-reactive ketones (excluding diaryl/α,β-unsaturated/α-hetero) is 1. The van der Waals surface area contributed by atoms with E-state index in [1.807, 2.05) is 0 Å². The molecule has 1 saturated carbocycles. The highest BCUT2D eigenvalue weighted by Gasteiger charge is 2.24. The zero-order valence-electron chi connectivity index (χ0n) is 10.9. The molecule has 0 radical (unpaired) electrons. The second-order valence-electron chi connectivity index (χ2n) is 4.89. The smallest absolute Gasteiger partial charge is 0.233 e. The lowest BCUT2D eigenvalue weighted by Gasteiger charge is -2.10. The van der Waals surface area contributed by atoms with E-state index in [1.54, 1.807) is 18.2 Å². The summed E-state index contributed by atoms with van der Waals surface area (Å²) in [6.07, 6.45) is 9.95. The van der Waals surface area contributed by atoms with Crippen LogP contribution < -0.4 is 0 Å². The second-order valence-corrected chi connectivity index (χ2v) is 4.89. The predicted molar refractivity (Wildman–Crippen MR) is 74.1 cm³/mol. The van der Waals surface area contributed by atoms with Crippen molar-refractivity contribution in [3.05, 3.63) is 41.5 Å². The Labute approximate surface area is 113 Å². The summed E-state index contributed by atoms with van der Waals surface area (Å²) in [4.78, 5) is 22.2. The minimum Gasteiger partial charge on any atom is -0.507 e. The summed E-state index contributed by atoms with van der Waals surface area (Å²) in [5.41, 5.74) is 0.694. The summed E-state index contributed by atoms with van der Waals surface area (Å²) < 4.78 is 0. The number of hydrogen-bond donors (Lipinski definition) is 1. The Balaban J connectivity index is 0.000000186. The van der Waals surface area contributed by atoms with Gasteiger partial charge < -0.3 is 5.11 Å². The molecule has 0 atom stereocenters. The van der Waals surface area contributed by atoms with Gasteiger partial charge in [0.2, 0.25) is 11.6 Å². The molecule has 0 aromatic heterocycles. The topological polar surface area (TPSA) is 54.4 Å². The van der Waals surface area contributed by atoms with Gasteiger partial charge in [0, 0.05) is 17.2 Å². The van der Waals surface area contributed by atoms with Gasteiger partial charge in [-0.25, -0.2) is 0 Å². The van der Waals surface area contributed by atoms with Crippen LogP contribution in [0.3, 0.4) is 0 Å². The van der Waals surface area contributed by atoms with Crippen molar-refractivity contribution >= 4 is 17.3 Å². The molecule has 3 nitrogen and oxygen atoms in total. The molecule has 0 spiro atoms. The lowest BCUT2D eigenvalue weighted by atomic mass is 9.94. The zero-order chi connectivity index (χ0) is 13.7. The molecule has 0 heterocycles. The van der Waals surface area contributed by atoms with Gasteiger partial charge in [-0.1, -0.05) is 62.8 Å². The average molecular weight is 258 g/mol. The molecule has 0 bridgehead atoms. The van der Waals surface area contributed by atoms with E-state index in [-0.39, 0.29) is 11.3 Å². The number of ketones is 2. The lowest BCUT2D eigenvalue weighted by molar-refractivity contribution is -0.111. The van der Waals surface area contributed by atoms with E-state index in [9.17, 15) is 14.7 Å². The van der Waals surface area contributed by atoms with Crippen LogP contribution in [-0.2, 0) is 4.79 Å². The summed E-state index contributed by atoms with van der Waals surface area (Å²) >= 11 is 0. The number of fused-ring (bicyclic) bond motifs is 1. The molecule has 2 aliphatic rings. The number of benzene rings is 1. The number of rotatable bonds is 0. The largest absolute Gasteiger partial charge is 0.507 e. The molecule has 0 amide bonds. The van der Waals surface area contributed by atoms with E-state index < -0.39 is 11.6 Å². The third kappa shape index (κ3) is 3.31. The molecular weight excluding hydrogens is 240 g/mol. The highest BCUT2D eigenvalue weighted by molar-refractivity contribution is 6.50. The monoisotopic (exact) mass is 258 g/mol. The molecular formula is C16H18O3. The third-order valence-electron chi connectivity index (χ3n) is 3.44. The van der Waals surface area contributed by atoms with E-state index in [1.165, 1.54) is 44.6 Å². The van der Waals surface area contributed by atoms with Gasteiger partial charge in [-0.3, -0.25) is 9.59 Å². The Kier molecular flexibility index (Phi) is 4.50. The molecule has 3 heteroatoms. The lowest BCUT2D eigenvalue weighted by Crippen LogP contribution is -2.18. The summed E-state index contributed by atoms with van der Waals surface area (Å²) in [5, 5.41) is 9.34. The van der Waals surface area contributed by atoms with Gasteiger partial charge in [-0.05, 0) is 0 Å². The second kappa shape index (κ2) is 6.32. The van der Waals surface area contributed by atoms with Gasteiger partial charge in [0.1, 0.15) is 5.76 Å². The van der Waals surface area contributed by atoms with Crippen LogP contribution in [0.4, 0.5) is 0 Å².